The Morgan fingerprint density at radius 1 is 1.21 bits per heavy atom. The van der Waals surface area contributed by atoms with Crippen LogP contribution >= 0.6 is 0 Å². The zero-order valence-corrected chi connectivity index (χ0v) is 9.25. The van der Waals surface area contributed by atoms with E-state index in [1.165, 1.54) is 25.7 Å². The monoisotopic (exact) mass is 196 g/mol. The second-order valence-electron chi connectivity index (χ2n) is 3.44. The van der Waals surface area contributed by atoms with Crippen LogP contribution in [-0.2, 0) is 4.84 Å². The molecule has 3 heteroatoms. The Morgan fingerprint density at radius 3 is 2.50 bits per heavy atom. The van der Waals surface area contributed by atoms with Gasteiger partial charge in [-0.1, -0.05) is 24.4 Å². The molecule has 0 saturated carbocycles. The lowest BCUT2D eigenvalue weighted by molar-refractivity contribution is 0.212. The Labute approximate surface area is 86.7 Å². The molecule has 0 rings (SSSR count). The lowest BCUT2D eigenvalue weighted by Gasteiger charge is -2.00. The maximum atomic E-state index is 8.32. The fraction of sp³-hybridized carbons (Fsp3) is 0.818. The lowest BCUT2D eigenvalue weighted by atomic mass is 10.1. The fourth-order valence-corrected chi connectivity index (χ4v) is 1.32. The van der Waals surface area contributed by atoms with Gasteiger partial charge in [0.1, 0.15) is 7.11 Å². The zero-order valence-electron chi connectivity index (χ0n) is 9.25. The van der Waals surface area contributed by atoms with Crippen LogP contribution in [0.1, 0.15) is 51.9 Å². The topological polar surface area (TPSA) is 45.4 Å². The van der Waals surface area contributed by atoms with Crippen molar-refractivity contribution in [3.63, 3.8) is 0 Å². The third-order valence-electron chi connectivity index (χ3n) is 2.07. The Balaban J connectivity index is 3.14. The number of rotatable bonds is 8. The van der Waals surface area contributed by atoms with Crippen molar-refractivity contribution in [2.45, 2.75) is 51.9 Å². The first-order valence-corrected chi connectivity index (χ1v) is 5.25. The highest BCUT2D eigenvalue weighted by Gasteiger charge is 1.93. The second-order valence-corrected chi connectivity index (χ2v) is 3.44. The molecule has 3 nitrogen and oxygen atoms in total. The molecule has 0 saturated heterocycles. The van der Waals surface area contributed by atoms with Crippen molar-refractivity contribution in [2.24, 2.45) is 5.16 Å². The first-order valence-electron chi connectivity index (χ1n) is 5.25. The SMILES string of the molecule is CON=C(C)CCCCCCCC#N. The Bertz CT molecular complexity index is 194. The quantitative estimate of drug-likeness (QED) is 0.340. The summed E-state index contributed by atoms with van der Waals surface area (Å²) in [6.45, 7) is 1.99. The van der Waals surface area contributed by atoms with E-state index in [0.717, 1.165) is 18.6 Å². The van der Waals surface area contributed by atoms with Gasteiger partial charge in [0.05, 0.1) is 11.8 Å². The Kier molecular flexibility index (Phi) is 9.30. The Morgan fingerprint density at radius 2 is 1.86 bits per heavy atom. The van der Waals surface area contributed by atoms with E-state index in [0.29, 0.717) is 6.42 Å². The number of oxime groups is 1. The maximum absolute atomic E-state index is 8.32. The predicted octanol–water partition coefficient (Wildman–Crippen LogP) is 3.26. The minimum absolute atomic E-state index is 0.699. The van der Waals surface area contributed by atoms with E-state index >= 15 is 0 Å². The molecule has 0 aromatic carbocycles. The summed E-state index contributed by atoms with van der Waals surface area (Å²) in [6.07, 6.45) is 7.56. The van der Waals surface area contributed by atoms with Crippen LogP contribution in [-0.4, -0.2) is 12.8 Å². The molecule has 0 unspecified atom stereocenters. The molecule has 0 aromatic heterocycles. The molecule has 0 amide bonds. The predicted molar refractivity (Wildman–Crippen MR) is 58.1 cm³/mol. The molecule has 0 aliphatic rings. The normalized spacial score (nSPS) is 11.1. The van der Waals surface area contributed by atoms with Gasteiger partial charge in [0.15, 0.2) is 0 Å². The summed E-state index contributed by atoms with van der Waals surface area (Å²) in [5.74, 6) is 0. The van der Waals surface area contributed by atoms with Crippen molar-refractivity contribution in [1.29, 1.82) is 5.26 Å². The van der Waals surface area contributed by atoms with Gasteiger partial charge in [-0.15, -0.1) is 0 Å². The van der Waals surface area contributed by atoms with Crippen LogP contribution in [0.4, 0.5) is 0 Å². The van der Waals surface area contributed by atoms with Gasteiger partial charge in [0.25, 0.3) is 0 Å². The van der Waals surface area contributed by atoms with Gasteiger partial charge in [0.2, 0.25) is 0 Å². The molecule has 0 spiro atoms. The number of unbranched alkanes of at least 4 members (excludes halogenated alkanes) is 5. The zero-order chi connectivity index (χ0) is 10.6. The molecule has 14 heavy (non-hydrogen) atoms. The summed E-state index contributed by atoms with van der Waals surface area (Å²) in [5, 5.41) is 12.2. The van der Waals surface area contributed by atoms with Crippen LogP contribution in [0.5, 0.6) is 0 Å². The third kappa shape index (κ3) is 9.05. The first-order chi connectivity index (χ1) is 6.81. The first kappa shape index (κ1) is 13.0. The van der Waals surface area contributed by atoms with Crippen LogP contribution in [0.25, 0.3) is 0 Å². The van der Waals surface area contributed by atoms with Gasteiger partial charge in [-0.2, -0.15) is 5.26 Å². The van der Waals surface area contributed by atoms with Crippen LogP contribution in [0.2, 0.25) is 0 Å². The van der Waals surface area contributed by atoms with Crippen molar-refractivity contribution >= 4 is 5.71 Å². The van der Waals surface area contributed by atoms with Gasteiger partial charge < -0.3 is 4.84 Å². The van der Waals surface area contributed by atoms with Crippen LogP contribution < -0.4 is 0 Å². The third-order valence-corrected chi connectivity index (χ3v) is 2.07. The van der Waals surface area contributed by atoms with E-state index in [2.05, 4.69) is 16.1 Å². The highest BCUT2D eigenvalue weighted by atomic mass is 16.6. The van der Waals surface area contributed by atoms with E-state index < -0.39 is 0 Å². The molecule has 0 aromatic rings. The van der Waals surface area contributed by atoms with Crippen molar-refractivity contribution in [3.8, 4) is 6.07 Å². The van der Waals surface area contributed by atoms with Crippen LogP contribution in [0.15, 0.2) is 5.16 Å². The number of nitrogens with zero attached hydrogens (tertiary/aromatic N) is 2. The summed E-state index contributed by atoms with van der Waals surface area (Å²) in [7, 11) is 1.57. The number of nitriles is 1. The minimum Gasteiger partial charge on any atom is -0.399 e. The smallest absolute Gasteiger partial charge is 0.106 e. The van der Waals surface area contributed by atoms with Crippen LogP contribution in [0.3, 0.4) is 0 Å². The maximum Gasteiger partial charge on any atom is 0.106 e. The average Bonchev–Trinajstić information content (AvgIpc) is 2.17. The van der Waals surface area contributed by atoms with Gasteiger partial charge in [-0.25, -0.2) is 0 Å². The van der Waals surface area contributed by atoms with Crippen molar-refractivity contribution in [2.75, 3.05) is 7.11 Å². The van der Waals surface area contributed by atoms with Crippen molar-refractivity contribution in [3.05, 3.63) is 0 Å². The van der Waals surface area contributed by atoms with Gasteiger partial charge in [-0.05, 0) is 26.2 Å². The number of hydrogen-bond donors (Lipinski definition) is 0. The van der Waals surface area contributed by atoms with Gasteiger partial charge in [0, 0.05) is 6.42 Å². The fourth-order valence-electron chi connectivity index (χ4n) is 1.32. The van der Waals surface area contributed by atoms with Gasteiger partial charge >= 0.3 is 0 Å². The average molecular weight is 196 g/mol. The molecule has 0 bridgehead atoms. The van der Waals surface area contributed by atoms with Crippen LogP contribution in [0, 0.1) is 11.3 Å². The molecule has 0 heterocycles. The minimum atomic E-state index is 0.699. The standard InChI is InChI=1S/C11H20N2O/c1-11(13-14-2)9-7-5-3-4-6-8-10-12/h3-9H2,1-2H3. The number of hydrogen-bond acceptors (Lipinski definition) is 3. The van der Waals surface area contributed by atoms with Crippen molar-refractivity contribution < 1.29 is 4.84 Å². The second kappa shape index (κ2) is 10.0. The molecule has 0 fully saturated rings. The van der Waals surface area contributed by atoms with Gasteiger partial charge in [-0.3, -0.25) is 0 Å². The molecular weight excluding hydrogens is 176 g/mol. The van der Waals surface area contributed by atoms with Crippen molar-refractivity contribution in [1.82, 2.24) is 0 Å². The summed E-state index contributed by atoms with van der Waals surface area (Å²) in [6, 6.07) is 2.16. The van der Waals surface area contributed by atoms with E-state index in [1.54, 1.807) is 7.11 Å². The highest BCUT2D eigenvalue weighted by molar-refractivity contribution is 5.81. The molecule has 0 atom stereocenters. The Hall–Kier alpha value is -1.04. The van der Waals surface area contributed by atoms with E-state index in [9.17, 15) is 0 Å². The molecule has 0 aliphatic carbocycles. The molecule has 0 aliphatic heterocycles. The molecule has 0 radical (unpaired) electrons. The largest absolute Gasteiger partial charge is 0.399 e. The summed E-state index contributed by atoms with van der Waals surface area (Å²) >= 11 is 0. The van der Waals surface area contributed by atoms with E-state index in [1.807, 2.05) is 6.92 Å². The highest BCUT2D eigenvalue weighted by Crippen LogP contribution is 2.07. The van der Waals surface area contributed by atoms with E-state index in [4.69, 9.17) is 5.26 Å². The van der Waals surface area contributed by atoms with E-state index in [-0.39, 0.29) is 0 Å². The summed E-state index contributed by atoms with van der Waals surface area (Å²) < 4.78 is 0. The molecule has 80 valence electrons. The molecule has 0 N–H and O–H groups in total. The summed E-state index contributed by atoms with van der Waals surface area (Å²) in [5.41, 5.74) is 1.06. The molecular formula is C11H20N2O. The summed E-state index contributed by atoms with van der Waals surface area (Å²) in [4.78, 5) is 4.67. The lowest BCUT2D eigenvalue weighted by Crippen LogP contribution is -1.92.